The van der Waals surface area contributed by atoms with Crippen LogP contribution in [0.2, 0.25) is 0 Å². The predicted molar refractivity (Wildman–Crippen MR) is 120 cm³/mol. The molecule has 1 aliphatic carbocycles. The summed E-state index contributed by atoms with van der Waals surface area (Å²) in [5, 5.41) is 16.7. The normalized spacial score (nSPS) is 31.2. The van der Waals surface area contributed by atoms with Crippen molar-refractivity contribution in [3.8, 4) is 0 Å². The van der Waals surface area contributed by atoms with Crippen LogP contribution < -0.4 is 0 Å². The van der Waals surface area contributed by atoms with Crippen LogP contribution in [0.15, 0.2) is 0 Å². The highest BCUT2D eigenvalue weighted by Crippen LogP contribution is 2.58. The molecule has 0 aromatic rings. The lowest BCUT2D eigenvalue weighted by molar-refractivity contribution is -0.138. The first-order valence-electron chi connectivity index (χ1n) is 12.4. The quantitative estimate of drug-likeness (QED) is 0.277. The summed E-state index contributed by atoms with van der Waals surface area (Å²) in [6.07, 6.45) is 14.2. The van der Waals surface area contributed by atoms with Gasteiger partial charge in [0.15, 0.2) is 0 Å². The van der Waals surface area contributed by atoms with Gasteiger partial charge in [-0.1, -0.05) is 52.4 Å². The number of ether oxygens (including phenoxy) is 2. The standard InChI is InChI=1S/C15H26O2.C10H18O4/c1-11(2)7-8-13-14(3,17-13)12-6-4-5-9-15(12)10-16-15;11-9(12)7-5-3-1-2-4-6-8-10(13)14/h11-13H,4-10H2,1-3H3;1-8H2,(H,11,12)(H,13,14). The van der Waals surface area contributed by atoms with Gasteiger partial charge in [0.25, 0.3) is 0 Å². The molecule has 6 nitrogen and oxygen atoms in total. The number of unbranched alkanes of at least 4 members (excludes halogenated alkanes) is 5. The molecule has 4 atom stereocenters. The molecule has 0 radical (unpaired) electrons. The van der Waals surface area contributed by atoms with Crippen molar-refractivity contribution in [1.82, 2.24) is 0 Å². The van der Waals surface area contributed by atoms with Gasteiger partial charge in [-0.05, 0) is 51.4 Å². The highest BCUT2D eigenvalue weighted by atomic mass is 16.6. The summed E-state index contributed by atoms with van der Waals surface area (Å²) < 4.78 is 11.9. The van der Waals surface area contributed by atoms with Crippen molar-refractivity contribution in [2.75, 3.05) is 6.61 Å². The molecule has 2 aliphatic heterocycles. The second kappa shape index (κ2) is 12.2. The molecule has 0 amide bonds. The number of aliphatic carboxylic acids is 2. The fraction of sp³-hybridized carbons (Fsp3) is 0.920. The van der Waals surface area contributed by atoms with Gasteiger partial charge < -0.3 is 19.7 Å². The van der Waals surface area contributed by atoms with E-state index in [0.29, 0.717) is 12.0 Å². The first-order chi connectivity index (χ1) is 14.7. The van der Waals surface area contributed by atoms with Crippen molar-refractivity contribution in [3.05, 3.63) is 0 Å². The van der Waals surface area contributed by atoms with Crippen LogP contribution in [0.1, 0.15) is 111 Å². The molecular formula is C25H44O6. The fourth-order valence-corrected chi connectivity index (χ4v) is 5.13. The van der Waals surface area contributed by atoms with E-state index in [2.05, 4.69) is 20.8 Å². The van der Waals surface area contributed by atoms with Crippen molar-refractivity contribution >= 4 is 11.9 Å². The molecule has 0 aromatic heterocycles. The van der Waals surface area contributed by atoms with Gasteiger partial charge in [-0.25, -0.2) is 0 Å². The number of hydrogen-bond donors (Lipinski definition) is 2. The third kappa shape index (κ3) is 8.72. The summed E-state index contributed by atoms with van der Waals surface area (Å²) in [5.41, 5.74) is 0.380. The molecule has 1 saturated carbocycles. The lowest BCUT2D eigenvalue weighted by Gasteiger charge is -2.32. The zero-order valence-electron chi connectivity index (χ0n) is 19.9. The van der Waals surface area contributed by atoms with Crippen LogP contribution in [0.4, 0.5) is 0 Å². The lowest BCUT2D eigenvalue weighted by Crippen LogP contribution is -2.39. The van der Waals surface area contributed by atoms with Crippen LogP contribution in [0.3, 0.4) is 0 Å². The highest BCUT2D eigenvalue weighted by molar-refractivity contribution is 5.66. The minimum absolute atomic E-state index is 0.145. The maximum Gasteiger partial charge on any atom is 0.303 e. The van der Waals surface area contributed by atoms with E-state index >= 15 is 0 Å². The number of hydrogen-bond acceptors (Lipinski definition) is 4. The Morgan fingerprint density at radius 3 is 2.00 bits per heavy atom. The minimum atomic E-state index is -0.740. The van der Waals surface area contributed by atoms with Gasteiger partial charge in [-0.15, -0.1) is 0 Å². The zero-order chi connectivity index (χ0) is 22.9. The van der Waals surface area contributed by atoms with E-state index in [0.717, 1.165) is 51.0 Å². The molecule has 1 spiro atoms. The maximum atomic E-state index is 10.1. The van der Waals surface area contributed by atoms with E-state index < -0.39 is 11.9 Å². The molecule has 2 heterocycles. The number of epoxide rings is 2. The largest absolute Gasteiger partial charge is 0.481 e. The average Bonchev–Trinajstić information content (AvgIpc) is 3.61. The smallest absolute Gasteiger partial charge is 0.303 e. The second-order valence-electron chi connectivity index (χ2n) is 10.3. The minimum Gasteiger partial charge on any atom is -0.481 e. The van der Waals surface area contributed by atoms with Crippen LogP contribution in [0, 0.1) is 11.8 Å². The topological polar surface area (TPSA) is 99.7 Å². The third-order valence-corrected chi connectivity index (χ3v) is 7.20. The Kier molecular flexibility index (Phi) is 10.3. The van der Waals surface area contributed by atoms with Crippen molar-refractivity contribution in [2.45, 2.75) is 128 Å². The molecule has 3 fully saturated rings. The van der Waals surface area contributed by atoms with Crippen LogP contribution in [-0.2, 0) is 19.1 Å². The Bertz CT molecular complexity index is 550. The fourth-order valence-electron chi connectivity index (χ4n) is 5.13. The van der Waals surface area contributed by atoms with Crippen LogP contribution >= 0.6 is 0 Å². The van der Waals surface area contributed by atoms with Crippen LogP contribution in [0.25, 0.3) is 0 Å². The third-order valence-electron chi connectivity index (χ3n) is 7.20. The van der Waals surface area contributed by atoms with Gasteiger partial charge in [0.2, 0.25) is 0 Å². The van der Waals surface area contributed by atoms with Gasteiger partial charge >= 0.3 is 11.9 Å². The Morgan fingerprint density at radius 2 is 1.52 bits per heavy atom. The van der Waals surface area contributed by atoms with E-state index in [1.807, 2.05) is 0 Å². The number of carbonyl (C=O) groups is 2. The van der Waals surface area contributed by atoms with E-state index in [-0.39, 0.29) is 24.0 Å². The van der Waals surface area contributed by atoms with Crippen LogP contribution in [-0.4, -0.2) is 46.1 Å². The molecule has 0 bridgehead atoms. The molecule has 2 N–H and O–H groups in total. The summed E-state index contributed by atoms with van der Waals surface area (Å²) in [5.74, 6) is -0.0198. The Labute approximate surface area is 188 Å². The molecule has 31 heavy (non-hydrogen) atoms. The van der Waals surface area contributed by atoms with E-state index in [1.54, 1.807) is 0 Å². The van der Waals surface area contributed by atoms with E-state index in [4.69, 9.17) is 19.7 Å². The van der Waals surface area contributed by atoms with Gasteiger partial charge in [0.1, 0.15) is 0 Å². The van der Waals surface area contributed by atoms with Gasteiger partial charge in [-0.3, -0.25) is 9.59 Å². The summed E-state index contributed by atoms with van der Waals surface area (Å²) >= 11 is 0. The first-order valence-corrected chi connectivity index (χ1v) is 12.4. The summed E-state index contributed by atoms with van der Waals surface area (Å²) in [6.45, 7) is 7.92. The van der Waals surface area contributed by atoms with Crippen LogP contribution in [0.5, 0.6) is 0 Å². The lowest BCUT2D eigenvalue weighted by atomic mass is 9.71. The van der Waals surface area contributed by atoms with Crippen molar-refractivity contribution in [3.63, 3.8) is 0 Å². The average molecular weight is 441 g/mol. The van der Waals surface area contributed by atoms with Gasteiger partial charge in [0, 0.05) is 18.8 Å². The maximum absolute atomic E-state index is 10.1. The van der Waals surface area contributed by atoms with Gasteiger partial charge in [0.05, 0.1) is 23.9 Å². The molecule has 3 rings (SSSR count). The first kappa shape index (κ1) is 26.1. The molecule has 0 aromatic carbocycles. The SMILES string of the molecule is CC(C)CCC1OC1(C)C1CCCCC12CO2.O=C(O)CCCCCCCCC(=O)O. The predicted octanol–water partition coefficient (Wildman–Crippen LogP) is 5.82. The Morgan fingerprint density at radius 1 is 0.968 bits per heavy atom. The monoisotopic (exact) mass is 440 g/mol. The summed E-state index contributed by atoms with van der Waals surface area (Å²) in [7, 11) is 0. The van der Waals surface area contributed by atoms with E-state index in [1.165, 1.54) is 38.5 Å². The molecule has 3 aliphatic rings. The Hall–Kier alpha value is -1.14. The summed E-state index contributed by atoms with van der Waals surface area (Å²) in [6, 6.07) is 0. The zero-order valence-corrected chi connectivity index (χ0v) is 19.9. The number of carboxylic acids is 2. The molecule has 6 heteroatoms. The highest BCUT2D eigenvalue weighted by Gasteiger charge is 2.67. The van der Waals surface area contributed by atoms with Crippen molar-refractivity contribution in [1.29, 1.82) is 0 Å². The van der Waals surface area contributed by atoms with Gasteiger partial charge in [-0.2, -0.15) is 0 Å². The summed E-state index contributed by atoms with van der Waals surface area (Å²) in [4.78, 5) is 20.3. The molecule has 180 valence electrons. The Balaban J connectivity index is 0.000000226. The molecular weight excluding hydrogens is 396 g/mol. The van der Waals surface area contributed by atoms with Crippen molar-refractivity contribution < 1.29 is 29.3 Å². The van der Waals surface area contributed by atoms with E-state index in [9.17, 15) is 9.59 Å². The second-order valence-corrected chi connectivity index (χ2v) is 10.3. The molecule has 2 saturated heterocycles. The molecule has 4 unspecified atom stereocenters. The number of rotatable bonds is 13. The van der Waals surface area contributed by atoms with Crippen molar-refractivity contribution in [2.24, 2.45) is 11.8 Å². The number of carboxylic acid groups (broad SMARTS) is 2.